The fourth-order valence-electron chi connectivity index (χ4n) is 2.24. The predicted molar refractivity (Wildman–Crippen MR) is 114 cm³/mol. The van der Waals surface area contributed by atoms with Crippen molar-refractivity contribution >= 4 is 5.97 Å². The number of hydrogen-bond donors (Lipinski definition) is 1. The van der Waals surface area contributed by atoms with E-state index >= 15 is 0 Å². The van der Waals surface area contributed by atoms with Gasteiger partial charge in [-0.2, -0.15) is 13.2 Å². The minimum Gasteiger partial charge on any atom is -0.479 e. The van der Waals surface area contributed by atoms with Crippen LogP contribution in [0.3, 0.4) is 0 Å². The van der Waals surface area contributed by atoms with Crippen molar-refractivity contribution in [2.24, 2.45) is 0 Å². The second-order valence-electron chi connectivity index (χ2n) is 6.85. The van der Waals surface area contributed by atoms with E-state index in [-0.39, 0.29) is 11.5 Å². The standard InChI is InChI=1S/C15H12F3NO4.C8H18O/c1-9(14(20)21)22-10-4-6-11(7-5-10)23-13-12(15(16,17)18)3-2-8-19-13;1-3-5-7-9-8-6-4-2/h2-9H,1H3,(H,20,21);3-8H2,1-2H3/t9-;/m1./s1. The van der Waals surface area contributed by atoms with Crippen molar-refractivity contribution in [3.05, 3.63) is 48.2 Å². The van der Waals surface area contributed by atoms with Gasteiger partial charge in [0, 0.05) is 19.4 Å². The van der Waals surface area contributed by atoms with Crippen LogP contribution in [0.4, 0.5) is 13.2 Å². The molecule has 1 aromatic heterocycles. The number of carboxylic acid groups (broad SMARTS) is 1. The van der Waals surface area contributed by atoms with E-state index in [2.05, 4.69) is 18.8 Å². The molecule has 0 aliphatic carbocycles. The highest BCUT2D eigenvalue weighted by Crippen LogP contribution is 2.36. The van der Waals surface area contributed by atoms with Gasteiger partial charge >= 0.3 is 12.1 Å². The number of hydrogen-bond acceptors (Lipinski definition) is 5. The number of rotatable bonds is 11. The van der Waals surface area contributed by atoms with Gasteiger partial charge in [-0.25, -0.2) is 9.78 Å². The van der Waals surface area contributed by atoms with Crippen molar-refractivity contribution in [1.29, 1.82) is 0 Å². The lowest BCUT2D eigenvalue weighted by Crippen LogP contribution is -2.22. The summed E-state index contributed by atoms with van der Waals surface area (Å²) in [5, 5.41) is 8.74. The van der Waals surface area contributed by atoms with Gasteiger partial charge in [-0.15, -0.1) is 0 Å². The average Bonchev–Trinajstić information content (AvgIpc) is 2.75. The lowest BCUT2D eigenvalue weighted by Gasteiger charge is -2.13. The minimum absolute atomic E-state index is 0.115. The normalized spacial score (nSPS) is 11.8. The van der Waals surface area contributed by atoms with Crippen LogP contribution in [0.1, 0.15) is 52.0 Å². The molecule has 0 radical (unpaired) electrons. The summed E-state index contributed by atoms with van der Waals surface area (Å²) in [4.78, 5) is 14.3. The van der Waals surface area contributed by atoms with Crippen LogP contribution in [0.25, 0.3) is 0 Å². The average molecular weight is 457 g/mol. The molecule has 6 nitrogen and oxygen atoms in total. The smallest absolute Gasteiger partial charge is 0.421 e. The number of carbonyl (C=O) groups is 1. The molecule has 0 aliphatic heterocycles. The van der Waals surface area contributed by atoms with Gasteiger partial charge in [0.1, 0.15) is 17.1 Å². The Morgan fingerprint density at radius 1 is 1.03 bits per heavy atom. The first-order chi connectivity index (χ1) is 15.2. The maximum atomic E-state index is 12.8. The van der Waals surface area contributed by atoms with Gasteiger partial charge in [-0.05, 0) is 56.2 Å². The van der Waals surface area contributed by atoms with Gasteiger partial charge in [0.15, 0.2) is 6.10 Å². The molecule has 1 aromatic carbocycles. The molecule has 32 heavy (non-hydrogen) atoms. The fraction of sp³-hybridized carbons (Fsp3) is 0.478. The monoisotopic (exact) mass is 457 g/mol. The molecule has 0 unspecified atom stereocenters. The van der Waals surface area contributed by atoms with Crippen molar-refractivity contribution in [1.82, 2.24) is 4.98 Å². The second-order valence-corrected chi connectivity index (χ2v) is 6.85. The van der Waals surface area contributed by atoms with E-state index in [4.69, 9.17) is 19.3 Å². The van der Waals surface area contributed by atoms with E-state index < -0.39 is 29.7 Å². The molecule has 0 aliphatic rings. The maximum Gasteiger partial charge on any atom is 0.421 e. The summed E-state index contributed by atoms with van der Waals surface area (Å²) in [6, 6.07) is 7.54. The zero-order valence-electron chi connectivity index (χ0n) is 18.5. The van der Waals surface area contributed by atoms with Gasteiger partial charge in [-0.3, -0.25) is 0 Å². The number of nitrogens with zero attached hydrogens (tertiary/aromatic N) is 1. The van der Waals surface area contributed by atoms with E-state index in [0.717, 1.165) is 19.3 Å². The molecule has 1 atom stereocenters. The van der Waals surface area contributed by atoms with E-state index in [1.807, 2.05) is 0 Å². The number of pyridine rings is 1. The Hall–Kier alpha value is -2.81. The van der Waals surface area contributed by atoms with Crippen LogP contribution in [0.15, 0.2) is 42.6 Å². The van der Waals surface area contributed by atoms with Crippen molar-refractivity contribution in [3.63, 3.8) is 0 Å². The number of alkyl halides is 3. The third-order valence-corrected chi connectivity index (χ3v) is 4.06. The Kier molecular flexibility index (Phi) is 12.2. The molecule has 2 rings (SSSR count). The Balaban J connectivity index is 0.000000482. The highest BCUT2D eigenvalue weighted by molar-refractivity contribution is 5.72. The summed E-state index contributed by atoms with van der Waals surface area (Å²) in [6.45, 7) is 7.63. The highest BCUT2D eigenvalue weighted by Gasteiger charge is 2.35. The lowest BCUT2D eigenvalue weighted by molar-refractivity contribution is -0.144. The molecule has 0 amide bonds. The zero-order chi connectivity index (χ0) is 24.0. The number of aromatic nitrogens is 1. The largest absolute Gasteiger partial charge is 0.479 e. The molecular formula is C23H30F3NO5. The van der Waals surface area contributed by atoms with Crippen molar-refractivity contribution in [2.75, 3.05) is 13.2 Å². The molecule has 0 spiro atoms. The lowest BCUT2D eigenvalue weighted by atomic mass is 10.2. The van der Waals surface area contributed by atoms with E-state index in [9.17, 15) is 18.0 Å². The van der Waals surface area contributed by atoms with Gasteiger partial charge in [0.25, 0.3) is 0 Å². The molecule has 1 N–H and O–H groups in total. The summed E-state index contributed by atoms with van der Waals surface area (Å²) in [5.41, 5.74) is -0.986. The molecule has 9 heteroatoms. The fourth-order valence-corrected chi connectivity index (χ4v) is 2.24. The van der Waals surface area contributed by atoms with Gasteiger partial charge in [0.05, 0.1) is 0 Å². The van der Waals surface area contributed by atoms with Crippen LogP contribution < -0.4 is 9.47 Å². The summed E-state index contributed by atoms with van der Waals surface area (Å²) in [6.07, 6.45) is 0.473. The molecular weight excluding hydrogens is 427 g/mol. The Morgan fingerprint density at radius 2 is 1.59 bits per heavy atom. The molecule has 0 bridgehead atoms. The SMILES string of the molecule is CCCCOCCCC.C[C@@H](Oc1ccc(Oc2ncccc2C(F)(F)F)cc1)C(=O)O. The van der Waals surface area contributed by atoms with E-state index in [1.165, 1.54) is 69.1 Å². The van der Waals surface area contributed by atoms with Crippen molar-refractivity contribution in [2.45, 2.75) is 58.7 Å². The van der Waals surface area contributed by atoms with Crippen LogP contribution >= 0.6 is 0 Å². The number of aliphatic carboxylic acids is 1. The van der Waals surface area contributed by atoms with Gasteiger partial charge < -0.3 is 19.3 Å². The summed E-state index contributed by atoms with van der Waals surface area (Å²) >= 11 is 0. The zero-order valence-corrected chi connectivity index (χ0v) is 18.5. The number of unbranched alkanes of at least 4 members (excludes halogenated alkanes) is 2. The van der Waals surface area contributed by atoms with Crippen molar-refractivity contribution in [3.8, 4) is 17.4 Å². The first kappa shape index (κ1) is 27.2. The third-order valence-electron chi connectivity index (χ3n) is 4.06. The van der Waals surface area contributed by atoms with Crippen LogP contribution in [0.2, 0.25) is 0 Å². The second kappa shape index (κ2) is 14.3. The van der Waals surface area contributed by atoms with Crippen LogP contribution in [0.5, 0.6) is 17.4 Å². The molecule has 0 saturated heterocycles. The molecule has 178 valence electrons. The molecule has 2 aromatic rings. The topological polar surface area (TPSA) is 77.9 Å². The van der Waals surface area contributed by atoms with Crippen LogP contribution in [-0.4, -0.2) is 35.4 Å². The summed E-state index contributed by atoms with van der Waals surface area (Å²) in [7, 11) is 0. The Labute approximate surface area is 186 Å². The van der Waals surface area contributed by atoms with Crippen LogP contribution in [0, 0.1) is 0 Å². The third kappa shape index (κ3) is 10.5. The summed E-state index contributed by atoms with van der Waals surface area (Å²) in [5.74, 6) is -1.32. The minimum atomic E-state index is -4.58. The highest BCUT2D eigenvalue weighted by atomic mass is 19.4. The number of carboxylic acids is 1. The first-order valence-electron chi connectivity index (χ1n) is 10.5. The maximum absolute atomic E-state index is 12.8. The summed E-state index contributed by atoms with van der Waals surface area (Å²) < 4.78 is 54.1. The number of halogens is 3. The van der Waals surface area contributed by atoms with Crippen LogP contribution in [-0.2, 0) is 15.7 Å². The first-order valence-corrected chi connectivity index (χ1v) is 10.5. The predicted octanol–water partition coefficient (Wildman–Crippen LogP) is 6.35. The van der Waals surface area contributed by atoms with Gasteiger partial charge in [-0.1, -0.05) is 26.7 Å². The number of benzene rings is 1. The van der Waals surface area contributed by atoms with Gasteiger partial charge in [0.2, 0.25) is 5.88 Å². The molecule has 0 saturated carbocycles. The van der Waals surface area contributed by atoms with Crippen molar-refractivity contribution < 1.29 is 37.3 Å². The van der Waals surface area contributed by atoms with E-state index in [0.29, 0.717) is 0 Å². The quantitative estimate of drug-likeness (QED) is 0.396. The molecule has 0 fully saturated rings. The Morgan fingerprint density at radius 3 is 2.09 bits per heavy atom. The van der Waals surface area contributed by atoms with E-state index in [1.54, 1.807) is 0 Å². The number of ether oxygens (including phenoxy) is 3. The Bertz CT molecular complexity index is 791. The molecule has 1 heterocycles.